The van der Waals surface area contributed by atoms with Crippen molar-refractivity contribution in [3.05, 3.63) is 54.1 Å². The number of tetrazole rings is 1. The quantitative estimate of drug-likeness (QED) is 0.739. The van der Waals surface area contributed by atoms with Gasteiger partial charge in [-0.2, -0.15) is 0 Å². The summed E-state index contributed by atoms with van der Waals surface area (Å²) in [5, 5.41) is 12.7. The third-order valence-corrected chi connectivity index (χ3v) is 3.55. The standard InChI is InChI=1S/C17H18N4O/c1-12(2)13-4-8-15(9-5-13)21-19-17(18-20-21)14-6-10-16(22-3)11-7-14/h4-12H,1-3H3. The van der Waals surface area contributed by atoms with Crippen molar-refractivity contribution >= 4 is 0 Å². The Balaban J connectivity index is 1.86. The van der Waals surface area contributed by atoms with Crippen molar-refractivity contribution in [2.24, 2.45) is 0 Å². The van der Waals surface area contributed by atoms with Crippen LogP contribution in [0.25, 0.3) is 17.1 Å². The molecule has 0 aliphatic rings. The molecule has 5 nitrogen and oxygen atoms in total. The predicted molar refractivity (Wildman–Crippen MR) is 85.2 cm³/mol. The fourth-order valence-corrected chi connectivity index (χ4v) is 2.17. The first-order valence-corrected chi connectivity index (χ1v) is 7.22. The van der Waals surface area contributed by atoms with Crippen molar-refractivity contribution < 1.29 is 4.74 Å². The zero-order valence-corrected chi connectivity index (χ0v) is 12.9. The Morgan fingerprint density at radius 3 is 2.23 bits per heavy atom. The number of hydrogen-bond donors (Lipinski definition) is 0. The van der Waals surface area contributed by atoms with Gasteiger partial charge in [0.1, 0.15) is 5.75 Å². The summed E-state index contributed by atoms with van der Waals surface area (Å²) in [5.74, 6) is 1.91. The van der Waals surface area contributed by atoms with Gasteiger partial charge in [-0.3, -0.25) is 0 Å². The van der Waals surface area contributed by atoms with E-state index in [-0.39, 0.29) is 0 Å². The SMILES string of the molecule is COc1ccc(-c2nnn(-c3ccc(C(C)C)cc3)n2)cc1. The van der Waals surface area contributed by atoms with Crippen LogP contribution in [0.3, 0.4) is 0 Å². The normalized spacial score (nSPS) is 10.9. The maximum absolute atomic E-state index is 5.15. The van der Waals surface area contributed by atoms with Crippen LogP contribution in [0.2, 0.25) is 0 Å². The summed E-state index contributed by atoms with van der Waals surface area (Å²) in [4.78, 5) is 1.55. The summed E-state index contributed by atoms with van der Waals surface area (Å²) in [6.07, 6.45) is 0. The minimum Gasteiger partial charge on any atom is -0.497 e. The van der Waals surface area contributed by atoms with E-state index in [2.05, 4.69) is 41.4 Å². The molecule has 0 saturated carbocycles. The third-order valence-electron chi connectivity index (χ3n) is 3.55. The molecule has 0 N–H and O–H groups in total. The van der Waals surface area contributed by atoms with Gasteiger partial charge in [-0.25, -0.2) is 0 Å². The highest BCUT2D eigenvalue weighted by Crippen LogP contribution is 2.20. The predicted octanol–water partition coefficient (Wildman–Crippen LogP) is 3.46. The molecule has 0 unspecified atom stereocenters. The Labute approximate surface area is 129 Å². The summed E-state index contributed by atoms with van der Waals surface area (Å²) >= 11 is 0. The average molecular weight is 294 g/mol. The molecular weight excluding hydrogens is 276 g/mol. The van der Waals surface area contributed by atoms with E-state index in [9.17, 15) is 0 Å². The Morgan fingerprint density at radius 2 is 1.64 bits per heavy atom. The molecule has 1 heterocycles. The van der Waals surface area contributed by atoms with Gasteiger partial charge in [0.2, 0.25) is 5.82 Å². The number of ether oxygens (including phenoxy) is 1. The smallest absolute Gasteiger partial charge is 0.205 e. The molecule has 5 heteroatoms. The summed E-state index contributed by atoms with van der Waals surface area (Å²) in [5.41, 5.74) is 3.10. The third kappa shape index (κ3) is 2.83. The minimum atomic E-state index is 0.507. The number of methoxy groups -OCH3 is 1. The van der Waals surface area contributed by atoms with E-state index in [0.29, 0.717) is 11.7 Å². The topological polar surface area (TPSA) is 52.8 Å². The first kappa shape index (κ1) is 14.3. The summed E-state index contributed by atoms with van der Waals surface area (Å²) in [6.45, 7) is 4.34. The van der Waals surface area contributed by atoms with E-state index in [1.54, 1.807) is 11.9 Å². The lowest BCUT2D eigenvalue weighted by Gasteiger charge is -2.05. The van der Waals surface area contributed by atoms with Crippen LogP contribution in [0, 0.1) is 0 Å². The zero-order valence-electron chi connectivity index (χ0n) is 12.9. The molecule has 112 valence electrons. The van der Waals surface area contributed by atoms with Gasteiger partial charge in [-0.15, -0.1) is 15.0 Å². The Hall–Kier alpha value is -2.69. The average Bonchev–Trinajstić information content (AvgIpc) is 3.05. The Kier molecular flexibility index (Phi) is 3.87. The second-order valence-electron chi connectivity index (χ2n) is 5.38. The van der Waals surface area contributed by atoms with Gasteiger partial charge in [0.15, 0.2) is 0 Å². The van der Waals surface area contributed by atoms with Crippen molar-refractivity contribution in [1.29, 1.82) is 0 Å². The largest absolute Gasteiger partial charge is 0.497 e. The highest BCUT2D eigenvalue weighted by Gasteiger charge is 2.08. The van der Waals surface area contributed by atoms with Crippen molar-refractivity contribution in [3.8, 4) is 22.8 Å². The fourth-order valence-electron chi connectivity index (χ4n) is 2.17. The molecule has 3 aromatic rings. The molecule has 0 aliphatic heterocycles. The van der Waals surface area contributed by atoms with Gasteiger partial charge in [-0.05, 0) is 53.1 Å². The van der Waals surface area contributed by atoms with Gasteiger partial charge in [0, 0.05) is 5.56 Å². The second kappa shape index (κ2) is 5.97. The molecule has 0 aliphatic carbocycles. The molecule has 1 aromatic heterocycles. The van der Waals surface area contributed by atoms with Gasteiger partial charge in [-0.1, -0.05) is 26.0 Å². The molecule has 0 atom stereocenters. The lowest BCUT2D eigenvalue weighted by atomic mass is 10.0. The summed E-state index contributed by atoms with van der Waals surface area (Å²) < 4.78 is 5.15. The van der Waals surface area contributed by atoms with Crippen LogP contribution in [-0.2, 0) is 0 Å². The number of hydrogen-bond acceptors (Lipinski definition) is 4. The van der Waals surface area contributed by atoms with Crippen LogP contribution in [0.4, 0.5) is 0 Å². The van der Waals surface area contributed by atoms with Crippen LogP contribution >= 0.6 is 0 Å². The van der Waals surface area contributed by atoms with Crippen molar-refractivity contribution in [2.75, 3.05) is 7.11 Å². The molecule has 2 aromatic carbocycles. The lowest BCUT2D eigenvalue weighted by Crippen LogP contribution is -1.99. The van der Waals surface area contributed by atoms with Gasteiger partial charge in [0.05, 0.1) is 12.8 Å². The van der Waals surface area contributed by atoms with Gasteiger partial charge in [0.25, 0.3) is 0 Å². The second-order valence-corrected chi connectivity index (χ2v) is 5.38. The molecule has 0 amide bonds. The molecule has 0 fully saturated rings. The van der Waals surface area contributed by atoms with Crippen LogP contribution in [0.1, 0.15) is 25.3 Å². The molecule has 3 rings (SSSR count). The summed E-state index contributed by atoms with van der Waals surface area (Å²) in [7, 11) is 1.64. The molecule has 0 bridgehead atoms. The number of rotatable bonds is 4. The van der Waals surface area contributed by atoms with E-state index in [1.807, 2.05) is 36.4 Å². The Bertz CT molecular complexity index is 745. The van der Waals surface area contributed by atoms with E-state index in [4.69, 9.17) is 4.74 Å². The van der Waals surface area contributed by atoms with Crippen molar-refractivity contribution in [3.63, 3.8) is 0 Å². The molecular formula is C17H18N4O. The molecule has 0 radical (unpaired) electrons. The number of nitrogens with zero attached hydrogens (tertiary/aromatic N) is 4. The Morgan fingerprint density at radius 1 is 0.955 bits per heavy atom. The molecule has 22 heavy (non-hydrogen) atoms. The fraction of sp³-hybridized carbons (Fsp3) is 0.235. The zero-order chi connectivity index (χ0) is 15.5. The van der Waals surface area contributed by atoms with E-state index in [1.165, 1.54) is 5.56 Å². The van der Waals surface area contributed by atoms with Crippen molar-refractivity contribution in [2.45, 2.75) is 19.8 Å². The maximum atomic E-state index is 5.15. The molecule has 0 saturated heterocycles. The highest BCUT2D eigenvalue weighted by atomic mass is 16.5. The maximum Gasteiger partial charge on any atom is 0.205 e. The monoisotopic (exact) mass is 294 g/mol. The van der Waals surface area contributed by atoms with Crippen LogP contribution in [0.5, 0.6) is 5.75 Å². The van der Waals surface area contributed by atoms with Gasteiger partial charge < -0.3 is 4.74 Å². The lowest BCUT2D eigenvalue weighted by molar-refractivity contribution is 0.415. The van der Waals surface area contributed by atoms with Crippen molar-refractivity contribution in [1.82, 2.24) is 20.2 Å². The highest BCUT2D eigenvalue weighted by molar-refractivity contribution is 5.55. The number of aromatic nitrogens is 4. The minimum absolute atomic E-state index is 0.507. The molecule has 0 spiro atoms. The first-order valence-electron chi connectivity index (χ1n) is 7.22. The first-order chi connectivity index (χ1) is 10.7. The van der Waals surface area contributed by atoms with Crippen LogP contribution in [-0.4, -0.2) is 27.3 Å². The van der Waals surface area contributed by atoms with Crippen LogP contribution < -0.4 is 4.74 Å². The van der Waals surface area contributed by atoms with Gasteiger partial charge >= 0.3 is 0 Å². The van der Waals surface area contributed by atoms with E-state index < -0.39 is 0 Å². The van der Waals surface area contributed by atoms with E-state index >= 15 is 0 Å². The van der Waals surface area contributed by atoms with E-state index in [0.717, 1.165) is 17.0 Å². The van der Waals surface area contributed by atoms with Crippen LogP contribution in [0.15, 0.2) is 48.5 Å². The summed E-state index contributed by atoms with van der Waals surface area (Å²) in [6, 6.07) is 15.8. The number of benzene rings is 2.